The summed E-state index contributed by atoms with van der Waals surface area (Å²) in [5, 5.41) is 8.92. The van der Waals surface area contributed by atoms with E-state index in [1.165, 1.54) is 0 Å². The number of aliphatic hydroxyl groups excluding tert-OH is 1. The second-order valence-corrected chi connectivity index (χ2v) is 3.25. The molecule has 0 bridgehead atoms. The van der Waals surface area contributed by atoms with Crippen molar-refractivity contribution in [1.82, 2.24) is 0 Å². The molecule has 1 N–H and O–H groups in total. The maximum absolute atomic E-state index is 11.3. The lowest BCUT2D eigenvalue weighted by atomic mass is 10.1. The largest absolute Gasteiger partial charge is 0.392 e. The van der Waals surface area contributed by atoms with Crippen molar-refractivity contribution in [3.63, 3.8) is 0 Å². The van der Waals surface area contributed by atoms with Gasteiger partial charge in [-0.05, 0) is 17.2 Å². The second kappa shape index (κ2) is 2.85. The molecule has 0 spiro atoms. The van der Waals surface area contributed by atoms with Gasteiger partial charge in [0.05, 0.1) is 13.0 Å². The first-order valence-corrected chi connectivity index (χ1v) is 4.21. The van der Waals surface area contributed by atoms with Crippen LogP contribution in [0, 0.1) is 0 Å². The molecule has 1 aliphatic rings. The number of likely N-dealkylation sites (N-methyl/N-ethyl adjacent to an activating group) is 1. The highest BCUT2D eigenvalue weighted by Gasteiger charge is 2.23. The summed E-state index contributed by atoms with van der Waals surface area (Å²) < 4.78 is 0. The smallest absolute Gasteiger partial charge is 0.231 e. The minimum absolute atomic E-state index is 0.0231. The van der Waals surface area contributed by atoms with E-state index in [2.05, 4.69) is 0 Å². The van der Waals surface area contributed by atoms with Crippen LogP contribution in [0.5, 0.6) is 0 Å². The summed E-state index contributed by atoms with van der Waals surface area (Å²) in [6, 6.07) is 5.62. The lowest BCUT2D eigenvalue weighted by Crippen LogP contribution is -2.20. The van der Waals surface area contributed by atoms with E-state index in [-0.39, 0.29) is 12.5 Å². The van der Waals surface area contributed by atoms with Gasteiger partial charge in [-0.15, -0.1) is 0 Å². The average Bonchev–Trinajstić information content (AvgIpc) is 2.43. The predicted molar refractivity (Wildman–Crippen MR) is 49.5 cm³/mol. The van der Waals surface area contributed by atoms with Crippen LogP contribution in [0.2, 0.25) is 0 Å². The van der Waals surface area contributed by atoms with E-state index in [0.717, 1.165) is 16.8 Å². The highest BCUT2D eigenvalue weighted by molar-refractivity contribution is 6.00. The molecule has 0 fully saturated rings. The van der Waals surface area contributed by atoms with Gasteiger partial charge in [-0.3, -0.25) is 4.79 Å². The van der Waals surface area contributed by atoms with Gasteiger partial charge < -0.3 is 10.0 Å². The van der Waals surface area contributed by atoms with E-state index in [4.69, 9.17) is 5.11 Å². The normalized spacial score (nSPS) is 14.9. The molecule has 0 saturated heterocycles. The van der Waals surface area contributed by atoms with Gasteiger partial charge in [-0.2, -0.15) is 0 Å². The SMILES string of the molecule is CN1C(=O)Cc2ccc(CO)cc21. The molecule has 0 unspecified atom stereocenters. The fourth-order valence-corrected chi connectivity index (χ4v) is 1.59. The lowest BCUT2D eigenvalue weighted by molar-refractivity contribution is -0.117. The number of hydrogen-bond donors (Lipinski definition) is 1. The highest BCUT2D eigenvalue weighted by atomic mass is 16.3. The zero-order valence-corrected chi connectivity index (χ0v) is 7.45. The summed E-state index contributed by atoms with van der Waals surface area (Å²) in [4.78, 5) is 12.9. The van der Waals surface area contributed by atoms with Crippen LogP contribution >= 0.6 is 0 Å². The van der Waals surface area contributed by atoms with Crippen molar-refractivity contribution in [3.05, 3.63) is 29.3 Å². The Balaban J connectivity index is 2.47. The minimum Gasteiger partial charge on any atom is -0.392 e. The van der Waals surface area contributed by atoms with Crippen LogP contribution in [-0.2, 0) is 17.8 Å². The van der Waals surface area contributed by atoms with Crippen molar-refractivity contribution in [3.8, 4) is 0 Å². The molecule has 3 heteroatoms. The van der Waals surface area contributed by atoms with Crippen LogP contribution < -0.4 is 4.90 Å². The fraction of sp³-hybridized carbons (Fsp3) is 0.300. The number of nitrogens with zero attached hydrogens (tertiary/aromatic N) is 1. The van der Waals surface area contributed by atoms with Gasteiger partial charge in [0.2, 0.25) is 5.91 Å². The van der Waals surface area contributed by atoms with E-state index in [9.17, 15) is 4.79 Å². The zero-order valence-electron chi connectivity index (χ0n) is 7.45. The summed E-state index contributed by atoms with van der Waals surface area (Å²) in [7, 11) is 1.76. The van der Waals surface area contributed by atoms with E-state index >= 15 is 0 Å². The predicted octanol–water partition coefficient (Wildman–Crippen LogP) is 0.698. The number of rotatable bonds is 1. The molecule has 0 aromatic heterocycles. The van der Waals surface area contributed by atoms with E-state index in [1.54, 1.807) is 11.9 Å². The maximum Gasteiger partial charge on any atom is 0.231 e. The summed E-state index contributed by atoms with van der Waals surface area (Å²) >= 11 is 0. The Morgan fingerprint density at radius 2 is 2.31 bits per heavy atom. The average molecular weight is 177 g/mol. The van der Waals surface area contributed by atoms with Gasteiger partial charge >= 0.3 is 0 Å². The first kappa shape index (κ1) is 8.26. The Labute approximate surface area is 76.6 Å². The molecule has 1 aromatic carbocycles. The van der Waals surface area contributed by atoms with Crippen molar-refractivity contribution in [2.45, 2.75) is 13.0 Å². The molecule has 0 atom stereocenters. The highest BCUT2D eigenvalue weighted by Crippen LogP contribution is 2.28. The van der Waals surface area contributed by atoms with Crippen molar-refractivity contribution in [2.24, 2.45) is 0 Å². The first-order chi connectivity index (χ1) is 6.22. The molecule has 0 radical (unpaired) electrons. The summed E-state index contributed by atoms with van der Waals surface area (Å²) in [6.45, 7) is 0.0231. The second-order valence-electron chi connectivity index (χ2n) is 3.25. The number of hydrogen-bond acceptors (Lipinski definition) is 2. The van der Waals surface area contributed by atoms with Crippen LogP contribution in [0.4, 0.5) is 5.69 Å². The third kappa shape index (κ3) is 1.21. The van der Waals surface area contributed by atoms with Crippen LogP contribution in [-0.4, -0.2) is 18.1 Å². The number of fused-ring (bicyclic) bond motifs is 1. The standard InChI is InChI=1S/C10H11NO2/c1-11-9-4-7(6-12)2-3-8(9)5-10(11)13/h2-4,12H,5-6H2,1H3. The van der Waals surface area contributed by atoms with Gasteiger partial charge in [0.1, 0.15) is 0 Å². The molecule has 1 aliphatic heterocycles. The Hall–Kier alpha value is -1.35. The Bertz CT molecular complexity index is 360. The monoisotopic (exact) mass is 177 g/mol. The van der Waals surface area contributed by atoms with E-state index in [1.807, 2.05) is 18.2 Å². The molecule has 1 amide bonds. The molecular weight excluding hydrogens is 166 g/mol. The van der Waals surface area contributed by atoms with Gasteiger partial charge in [-0.25, -0.2) is 0 Å². The number of aliphatic hydroxyl groups is 1. The lowest BCUT2D eigenvalue weighted by Gasteiger charge is -2.10. The zero-order chi connectivity index (χ0) is 9.42. The Morgan fingerprint density at radius 1 is 1.54 bits per heavy atom. The molecule has 1 heterocycles. The molecular formula is C10H11NO2. The third-order valence-electron chi connectivity index (χ3n) is 2.41. The van der Waals surface area contributed by atoms with Crippen molar-refractivity contribution < 1.29 is 9.90 Å². The molecule has 0 aliphatic carbocycles. The number of carbonyl (C=O) groups is 1. The van der Waals surface area contributed by atoms with Gasteiger partial charge in [0.25, 0.3) is 0 Å². The van der Waals surface area contributed by atoms with Crippen molar-refractivity contribution >= 4 is 11.6 Å². The van der Waals surface area contributed by atoms with E-state index < -0.39 is 0 Å². The minimum atomic E-state index is 0.0231. The Morgan fingerprint density at radius 3 is 3.00 bits per heavy atom. The maximum atomic E-state index is 11.3. The molecule has 1 aromatic rings. The van der Waals surface area contributed by atoms with Crippen LogP contribution in [0.25, 0.3) is 0 Å². The quantitative estimate of drug-likeness (QED) is 0.686. The number of amides is 1. The molecule has 0 saturated carbocycles. The third-order valence-corrected chi connectivity index (χ3v) is 2.41. The van der Waals surface area contributed by atoms with Gasteiger partial charge in [0.15, 0.2) is 0 Å². The van der Waals surface area contributed by atoms with Crippen LogP contribution in [0.15, 0.2) is 18.2 Å². The molecule has 13 heavy (non-hydrogen) atoms. The number of anilines is 1. The number of benzene rings is 1. The van der Waals surface area contributed by atoms with Gasteiger partial charge in [-0.1, -0.05) is 12.1 Å². The number of carbonyl (C=O) groups excluding carboxylic acids is 1. The topological polar surface area (TPSA) is 40.5 Å². The fourth-order valence-electron chi connectivity index (χ4n) is 1.59. The first-order valence-electron chi connectivity index (χ1n) is 4.21. The van der Waals surface area contributed by atoms with Crippen molar-refractivity contribution in [1.29, 1.82) is 0 Å². The van der Waals surface area contributed by atoms with Crippen molar-refractivity contribution in [2.75, 3.05) is 11.9 Å². The summed E-state index contributed by atoms with van der Waals surface area (Å²) in [5.41, 5.74) is 2.82. The summed E-state index contributed by atoms with van der Waals surface area (Å²) in [6.07, 6.45) is 0.484. The summed E-state index contributed by atoms with van der Waals surface area (Å²) in [5.74, 6) is 0.116. The van der Waals surface area contributed by atoms with Crippen LogP contribution in [0.3, 0.4) is 0 Å². The Kier molecular flexibility index (Phi) is 1.81. The molecule has 3 nitrogen and oxygen atoms in total. The van der Waals surface area contributed by atoms with Crippen LogP contribution in [0.1, 0.15) is 11.1 Å². The molecule has 68 valence electrons. The van der Waals surface area contributed by atoms with Gasteiger partial charge in [0, 0.05) is 12.7 Å². The van der Waals surface area contributed by atoms with E-state index in [0.29, 0.717) is 6.42 Å². The molecule has 2 rings (SSSR count).